The van der Waals surface area contributed by atoms with Gasteiger partial charge in [0.2, 0.25) is 5.90 Å². The van der Waals surface area contributed by atoms with Crippen LogP contribution < -0.4 is 0 Å². The molecule has 1 atom stereocenters. The van der Waals surface area contributed by atoms with Gasteiger partial charge in [-0.2, -0.15) is 0 Å². The average molecular weight is 278 g/mol. The van der Waals surface area contributed by atoms with E-state index in [2.05, 4.69) is 4.99 Å². The predicted octanol–water partition coefficient (Wildman–Crippen LogP) is 2.82. The molecular weight excluding hydrogens is 265 g/mol. The van der Waals surface area contributed by atoms with Gasteiger partial charge in [0.25, 0.3) is 0 Å². The van der Waals surface area contributed by atoms with Crippen molar-refractivity contribution in [2.24, 2.45) is 4.99 Å². The van der Waals surface area contributed by atoms with E-state index in [-0.39, 0.29) is 0 Å². The van der Waals surface area contributed by atoms with Crippen molar-refractivity contribution in [3.05, 3.63) is 35.4 Å². The molecule has 1 aliphatic rings. The van der Waals surface area contributed by atoms with Crippen LogP contribution in [0.4, 0.5) is 17.3 Å². The van der Waals surface area contributed by atoms with Crippen LogP contribution in [0.5, 0.6) is 0 Å². The summed E-state index contributed by atoms with van der Waals surface area (Å²) in [6.45, 7) is 2.92. The number of aliphatic hydroxyl groups is 1. The number of aliphatic imine (C=N–C) groups is 1. The molecule has 0 aromatic heterocycles. The quantitative estimate of drug-likeness (QED) is 0.634. The lowest BCUT2D eigenvalue weighted by atomic mass is 10.00. The largest absolute Gasteiger partial charge is 0.673 e. The SMILES string of the molecule is CCOC1=NCC(O)c2ccccc21.F[B-](F)(F)F. The fraction of sp³-hybridized carbons (Fsp3) is 0.364. The Morgan fingerprint density at radius 2 is 1.89 bits per heavy atom. The fourth-order valence-electron chi connectivity index (χ4n) is 1.60. The van der Waals surface area contributed by atoms with Crippen LogP contribution in [0.25, 0.3) is 0 Å². The van der Waals surface area contributed by atoms with Gasteiger partial charge in [0, 0.05) is 5.56 Å². The Bertz CT molecular complexity index is 445. The van der Waals surface area contributed by atoms with Gasteiger partial charge in [-0.05, 0) is 18.6 Å². The van der Waals surface area contributed by atoms with Crippen LogP contribution in [-0.4, -0.2) is 31.4 Å². The zero-order valence-corrected chi connectivity index (χ0v) is 10.2. The summed E-state index contributed by atoms with van der Waals surface area (Å²) in [5.41, 5.74) is 1.82. The molecule has 1 unspecified atom stereocenters. The van der Waals surface area contributed by atoms with Crippen molar-refractivity contribution in [2.45, 2.75) is 13.0 Å². The van der Waals surface area contributed by atoms with E-state index < -0.39 is 13.4 Å². The zero-order chi connectivity index (χ0) is 14.5. The van der Waals surface area contributed by atoms with Gasteiger partial charge >= 0.3 is 7.25 Å². The molecule has 2 rings (SSSR count). The van der Waals surface area contributed by atoms with Gasteiger partial charge in [0.1, 0.15) is 0 Å². The monoisotopic (exact) mass is 278 g/mol. The van der Waals surface area contributed by atoms with Crippen LogP contribution in [0.2, 0.25) is 0 Å². The van der Waals surface area contributed by atoms with Crippen molar-refractivity contribution in [1.29, 1.82) is 0 Å². The molecule has 106 valence electrons. The summed E-state index contributed by atoms with van der Waals surface area (Å²) in [7, 11) is -6.00. The number of ether oxygens (including phenoxy) is 1. The Balaban J connectivity index is 0.000000312. The van der Waals surface area contributed by atoms with Crippen molar-refractivity contribution < 1.29 is 27.1 Å². The topological polar surface area (TPSA) is 41.8 Å². The third-order valence-electron chi connectivity index (χ3n) is 2.24. The van der Waals surface area contributed by atoms with E-state index in [1.54, 1.807) is 0 Å². The van der Waals surface area contributed by atoms with Gasteiger partial charge in [-0.3, -0.25) is 0 Å². The highest BCUT2D eigenvalue weighted by Crippen LogP contribution is 2.23. The maximum absolute atomic E-state index is 9.75. The van der Waals surface area contributed by atoms with Crippen molar-refractivity contribution in [2.75, 3.05) is 13.2 Å². The Kier molecular flexibility index (Phi) is 5.35. The van der Waals surface area contributed by atoms with Gasteiger partial charge in [-0.1, -0.05) is 18.2 Å². The maximum Gasteiger partial charge on any atom is 0.673 e. The number of halogens is 4. The zero-order valence-electron chi connectivity index (χ0n) is 10.2. The van der Waals surface area contributed by atoms with Crippen LogP contribution in [0.3, 0.4) is 0 Å². The standard InChI is InChI=1S/C11H13NO2.BF4/c1-2-14-11-9-6-4-3-5-8(9)10(13)7-12-11;2-1(3,4)5/h3-6,10,13H,2,7H2,1H3;/q;-1. The van der Waals surface area contributed by atoms with Gasteiger partial charge < -0.3 is 27.1 Å². The third kappa shape index (κ3) is 5.29. The van der Waals surface area contributed by atoms with Crippen molar-refractivity contribution >= 4 is 13.2 Å². The summed E-state index contributed by atoms with van der Waals surface area (Å²) in [5, 5.41) is 9.68. The molecule has 0 radical (unpaired) electrons. The van der Waals surface area contributed by atoms with E-state index in [0.29, 0.717) is 19.0 Å². The minimum Gasteiger partial charge on any atom is -0.478 e. The number of hydrogen-bond donors (Lipinski definition) is 1. The summed E-state index contributed by atoms with van der Waals surface area (Å²) in [4.78, 5) is 4.19. The highest BCUT2D eigenvalue weighted by atomic mass is 19.5. The summed E-state index contributed by atoms with van der Waals surface area (Å²) >= 11 is 0. The van der Waals surface area contributed by atoms with E-state index in [0.717, 1.165) is 11.1 Å². The molecule has 1 heterocycles. The van der Waals surface area contributed by atoms with Crippen molar-refractivity contribution in [3.63, 3.8) is 0 Å². The number of benzene rings is 1. The Morgan fingerprint density at radius 3 is 2.47 bits per heavy atom. The molecule has 1 N–H and O–H groups in total. The molecule has 1 aromatic rings. The van der Waals surface area contributed by atoms with Gasteiger partial charge in [0.15, 0.2) is 0 Å². The lowest BCUT2D eigenvalue weighted by Crippen LogP contribution is -2.19. The maximum atomic E-state index is 9.75. The molecule has 0 bridgehead atoms. The summed E-state index contributed by atoms with van der Waals surface area (Å²) in [6, 6.07) is 7.67. The molecular formula is C11H13BF4NO2-. The van der Waals surface area contributed by atoms with Gasteiger partial charge in [-0.25, -0.2) is 4.99 Å². The fourth-order valence-corrected chi connectivity index (χ4v) is 1.60. The van der Waals surface area contributed by atoms with E-state index >= 15 is 0 Å². The molecule has 0 saturated carbocycles. The summed E-state index contributed by atoms with van der Waals surface area (Å²) in [5.74, 6) is 0.647. The second-order valence-electron chi connectivity index (χ2n) is 3.68. The first-order valence-corrected chi connectivity index (χ1v) is 5.65. The number of nitrogens with zero attached hydrogens (tertiary/aromatic N) is 1. The van der Waals surface area contributed by atoms with E-state index in [1.807, 2.05) is 31.2 Å². The van der Waals surface area contributed by atoms with Crippen molar-refractivity contribution in [3.8, 4) is 0 Å². The normalized spacial score (nSPS) is 17.8. The molecule has 0 amide bonds. The van der Waals surface area contributed by atoms with Crippen LogP contribution in [0.1, 0.15) is 24.2 Å². The summed E-state index contributed by atoms with van der Waals surface area (Å²) < 4.78 is 44.4. The van der Waals surface area contributed by atoms with E-state index in [4.69, 9.17) is 4.74 Å². The van der Waals surface area contributed by atoms with Crippen LogP contribution in [0, 0.1) is 0 Å². The van der Waals surface area contributed by atoms with Crippen molar-refractivity contribution in [1.82, 2.24) is 0 Å². The molecule has 0 spiro atoms. The van der Waals surface area contributed by atoms with Crippen LogP contribution in [0.15, 0.2) is 29.3 Å². The first-order chi connectivity index (χ1) is 8.83. The average Bonchev–Trinajstić information content (AvgIpc) is 2.31. The molecule has 1 aliphatic heterocycles. The first-order valence-electron chi connectivity index (χ1n) is 5.65. The molecule has 0 saturated heterocycles. The second-order valence-corrected chi connectivity index (χ2v) is 3.68. The Morgan fingerprint density at radius 1 is 1.32 bits per heavy atom. The molecule has 1 aromatic carbocycles. The second kappa shape index (κ2) is 6.56. The number of fused-ring (bicyclic) bond motifs is 1. The minimum absolute atomic E-state index is 0.395. The molecule has 3 nitrogen and oxygen atoms in total. The third-order valence-corrected chi connectivity index (χ3v) is 2.24. The van der Waals surface area contributed by atoms with Gasteiger partial charge in [0.05, 0.1) is 19.3 Å². The van der Waals surface area contributed by atoms with Gasteiger partial charge in [-0.15, -0.1) is 0 Å². The Labute approximate surface area is 108 Å². The predicted molar refractivity (Wildman–Crippen MR) is 64.6 cm³/mol. The molecule has 0 aliphatic carbocycles. The van der Waals surface area contributed by atoms with Crippen LogP contribution >= 0.6 is 0 Å². The smallest absolute Gasteiger partial charge is 0.478 e. The lowest BCUT2D eigenvalue weighted by molar-refractivity contribution is 0.181. The highest BCUT2D eigenvalue weighted by molar-refractivity contribution is 6.50. The molecule has 8 heteroatoms. The Hall–Kier alpha value is -1.57. The molecule has 0 fully saturated rings. The van der Waals surface area contributed by atoms with E-state index in [9.17, 15) is 22.4 Å². The summed E-state index contributed by atoms with van der Waals surface area (Å²) in [6.07, 6.45) is -0.490. The number of rotatable bonds is 1. The number of hydrogen-bond acceptors (Lipinski definition) is 3. The highest BCUT2D eigenvalue weighted by Gasteiger charge is 2.21. The lowest BCUT2D eigenvalue weighted by Gasteiger charge is -2.20. The minimum atomic E-state index is -6.00. The first kappa shape index (κ1) is 15.5. The van der Waals surface area contributed by atoms with E-state index in [1.165, 1.54) is 0 Å². The molecule has 19 heavy (non-hydrogen) atoms. The van der Waals surface area contributed by atoms with Crippen LogP contribution in [-0.2, 0) is 4.74 Å². The number of aliphatic hydroxyl groups excluding tert-OH is 1.